The summed E-state index contributed by atoms with van der Waals surface area (Å²) in [6, 6.07) is 6.11. The van der Waals surface area contributed by atoms with Crippen molar-refractivity contribution in [3.63, 3.8) is 0 Å². The van der Waals surface area contributed by atoms with Crippen LogP contribution in [0.2, 0.25) is 0 Å². The van der Waals surface area contributed by atoms with E-state index in [1.807, 2.05) is 26.0 Å². The molecule has 1 aromatic rings. The number of hydrogen-bond donors (Lipinski definition) is 2. The maximum absolute atomic E-state index is 11.9. The third kappa shape index (κ3) is 5.35. The van der Waals surface area contributed by atoms with E-state index in [1.54, 1.807) is 5.57 Å². The minimum Gasteiger partial charge on any atom is -0.325 e. The largest absolute Gasteiger partial charge is 0.325 e. The quantitative estimate of drug-likeness (QED) is 0.618. The maximum atomic E-state index is 11.9. The number of hydrogen-bond acceptors (Lipinski definition) is 2. The van der Waals surface area contributed by atoms with E-state index < -0.39 is 0 Å². The Bertz CT molecular complexity index is 520. The Hall–Kier alpha value is -1.61. The van der Waals surface area contributed by atoms with Crippen LogP contribution >= 0.6 is 0 Å². The molecule has 0 saturated carbocycles. The van der Waals surface area contributed by atoms with Crippen molar-refractivity contribution in [2.24, 2.45) is 0 Å². The van der Waals surface area contributed by atoms with Gasteiger partial charge in [0.15, 0.2) is 0 Å². The van der Waals surface area contributed by atoms with Crippen molar-refractivity contribution >= 4 is 11.6 Å². The number of rotatable bonds is 6. The van der Waals surface area contributed by atoms with Crippen molar-refractivity contribution in [1.82, 2.24) is 5.32 Å². The minimum absolute atomic E-state index is 0.0290. The molecule has 0 radical (unpaired) electrons. The van der Waals surface area contributed by atoms with Gasteiger partial charge in [0.2, 0.25) is 5.91 Å². The lowest BCUT2D eigenvalue weighted by Gasteiger charge is -2.13. The molecule has 0 heterocycles. The summed E-state index contributed by atoms with van der Waals surface area (Å²) in [6.45, 7) is 5.30. The van der Waals surface area contributed by atoms with Gasteiger partial charge in [0, 0.05) is 5.69 Å². The first-order chi connectivity index (χ1) is 10.1. The van der Waals surface area contributed by atoms with E-state index in [4.69, 9.17) is 0 Å². The minimum atomic E-state index is 0.0290. The Morgan fingerprint density at radius 3 is 2.86 bits per heavy atom. The highest BCUT2D eigenvalue weighted by Gasteiger charge is 2.06. The third-order valence-electron chi connectivity index (χ3n) is 3.96. The van der Waals surface area contributed by atoms with Crippen molar-refractivity contribution < 1.29 is 4.79 Å². The predicted octanol–water partition coefficient (Wildman–Crippen LogP) is 3.72. The standard InChI is InChI=1S/C18H26N2O/c1-14-8-9-15(2)17(12-14)20-18(21)13-19-11-10-16-6-4-3-5-7-16/h6,8-9,12,19H,3-5,7,10-11,13H2,1-2H3,(H,20,21). The van der Waals surface area contributed by atoms with Gasteiger partial charge >= 0.3 is 0 Å². The summed E-state index contributed by atoms with van der Waals surface area (Å²) in [5.41, 5.74) is 4.72. The molecular weight excluding hydrogens is 260 g/mol. The highest BCUT2D eigenvalue weighted by molar-refractivity contribution is 5.93. The van der Waals surface area contributed by atoms with Gasteiger partial charge in [0.05, 0.1) is 6.54 Å². The van der Waals surface area contributed by atoms with Crippen LogP contribution in [0.15, 0.2) is 29.8 Å². The zero-order chi connectivity index (χ0) is 15.1. The monoisotopic (exact) mass is 286 g/mol. The fourth-order valence-electron chi connectivity index (χ4n) is 2.65. The zero-order valence-corrected chi connectivity index (χ0v) is 13.2. The molecule has 1 aliphatic rings. The van der Waals surface area contributed by atoms with Crippen LogP contribution in [-0.2, 0) is 4.79 Å². The topological polar surface area (TPSA) is 41.1 Å². The molecule has 0 fully saturated rings. The molecule has 3 heteroatoms. The number of anilines is 1. The molecule has 2 N–H and O–H groups in total. The number of amides is 1. The van der Waals surface area contributed by atoms with Crippen molar-refractivity contribution in [1.29, 1.82) is 0 Å². The number of benzene rings is 1. The number of aryl methyl sites for hydroxylation is 2. The lowest BCUT2D eigenvalue weighted by molar-refractivity contribution is -0.115. The molecule has 0 saturated heterocycles. The van der Waals surface area contributed by atoms with Crippen LogP contribution in [0.4, 0.5) is 5.69 Å². The predicted molar refractivity (Wildman–Crippen MR) is 88.6 cm³/mol. The summed E-state index contributed by atoms with van der Waals surface area (Å²) >= 11 is 0. The first-order valence-corrected chi connectivity index (χ1v) is 7.91. The van der Waals surface area contributed by atoms with Crippen LogP contribution in [0.3, 0.4) is 0 Å². The summed E-state index contributed by atoms with van der Waals surface area (Å²) in [7, 11) is 0. The maximum Gasteiger partial charge on any atom is 0.238 e. The molecule has 0 spiro atoms. The molecule has 0 bridgehead atoms. The fraction of sp³-hybridized carbons (Fsp3) is 0.500. The Kier molecular flexibility index (Phi) is 6.00. The molecule has 2 rings (SSSR count). The van der Waals surface area contributed by atoms with Crippen molar-refractivity contribution in [2.45, 2.75) is 46.0 Å². The molecule has 3 nitrogen and oxygen atoms in total. The summed E-state index contributed by atoms with van der Waals surface area (Å²) in [6.07, 6.45) is 8.53. The van der Waals surface area contributed by atoms with Gasteiger partial charge in [-0.25, -0.2) is 0 Å². The van der Waals surface area contributed by atoms with E-state index >= 15 is 0 Å². The van der Waals surface area contributed by atoms with Crippen LogP contribution < -0.4 is 10.6 Å². The molecule has 1 aliphatic carbocycles. The SMILES string of the molecule is Cc1ccc(C)c(NC(=O)CNCCC2=CCCCC2)c1. The van der Waals surface area contributed by atoms with E-state index in [0.29, 0.717) is 6.54 Å². The van der Waals surface area contributed by atoms with Gasteiger partial charge in [-0.05, 0) is 69.7 Å². The number of nitrogens with one attached hydrogen (secondary N) is 2. The van der Waals surface area contributed by atoms with Crippen LogP contribution in [0.25, 0.3) is 0 Å². The molecular formula is C18H26N2O. The van der Waals surface area contributed by atoms with E-state index in [9.17, 15) is 4.79 Å². The van der Waals surface area contributed by atoms with E-state index in [-0.39, 0.29) is 5.91 Å². The molecule has 114 valence electrons. The first-order valence-electron chi connectivity index (χ1n) is 7.91. The van der Waals surface area contributed by atoms with E-state index in [2.05, 4.69) is 22.8 Å². The van der Waals surface area contributed by atoms with Gasteiger partial charge in [-0.2, -0.15) is 0 Å². The van der Waals surface area contributed by atoms with Crippen molar-refractivity contribution in [3.8, 4) is 0 Å². The van der Waals surface area contributed by atoms with E-state index in [1.165, 1.54) is 25.7 Å². The molecule has 0 aliphatic heterocycles. The van der Waals surface area contributed by atoms with Crippen LogP contribution in [0.1, 0.15) is 43.2 Å². The van der Waals surface area contributed by atoms with Gasteiger partial charge in [0.25, 0.3) is 0 Å². The Morgan fingerprint density at radius 2 is 2.10 bits per heavy atom. The second kappa shape index (κ2) is 7.99. The van der Waals surface area contributed by atoms with Gasteiger partial charge in [0.1, 0.15) is 0 Å². The third-order valence-corrected chi connectivity index (χ3v) is 3.96. The average Bonchev–Trinajstić information content (AvgIpc) is 2.48. The van der Waals surface area contributed by atoms with Gasteiger partial charge in [-0.3, -0.25) is 4.79 Å². The van der Waals surface area contributed by atoms with Crippen LogP contribution in [0.5, 0.6) is 0 Å². The molecule has 21 heavy (non-hydrogen) atoms. The molecule has 0 aromatic heterocycles. The molecule has 0 atom stereocenters. The summed E-state index contributed by atoms with van der Waals surface area (Å²) in [5.74, 6) is 0.0290. The number of carbonyl (C=O) groups excluding carboxylic acids is 1. The summed E-state index contributed by atoms with van der Waals surface area (Å²) < 4.78 is 0. The lowest BCUT2D eigenvalue weighted by atomic mass is 9.97. The summed E-state index contributed by atoms with van der Waals surface area (Å²) in [4.78, 5) is 11.9. The number of allylic oxidation sites excluding steroid dienone is 1. The van der Waals surface area contributed by atoms with Crippen LogP contribution in [0, 0.1) is 13.8 Å². The normalized spacial score (nSPS) is 14.7. The highest BCUT2D eigenvalue weighted by Crippen LogP contribution is 2.19. The second-order valence-electron chi connectivity index (χ2n) is 5.90. The van der Waals surface area contributed by atoms with E-state index in [0.717, 1.165) is 29.8 Å². The first kappa shape index (κ1) is 15.8. The van der Waals surface area contributed by atoms with Gasteiger partial charge in [-0.15, -0.1) is 0 Å². The Morgan fingerprint density at radius 1 is 1.24 bits per heavy atom. The molecule has 1 aromatic carbocycles. The Balaban J connectivity index is 1.70. The highest BCUT2D eigenvalue weighted by atomic mass is 16.1. The molecule has 1 amide bonds. The van der Waals surface area contributed by atoms with Crippen molar-refractivity contribution in [2.75, 3.05) is 18.4 Å². The second-order valence-corrected chi connectivity index (χ2v) is 5.90. The fourth-order valence-corrected chi connectivity index (χ4v) is 2.65. The van der Waals surface area contributed by atoms with Crippen molar-refractivity contribution in [3.05, 3.63) is 41.0 Å². The number of carbonyl (C=O) groups is 1. The Labute approximate surface area is 127 Å². The summed E-state index contributed by atoms with van der Waals surface area (Å²) in [5, 5.41) is 6.21. The van der Waals surface area contributed by atoms with Gasteiger partial charge in [-0.1, -0.05) is 23.8 Å². The smallest absolute Gasteiger partial charge is 0.238 e. The van der Waals surface area contributed by atoms with Gasteiger partial charge < -0.3 is 10.6 Å². The average molecular weight is 286 g/mol. The van der Waals surface area contributed by atoms with Crippen LogP contribution in [-0.4, -0.2) is 19.0 Å². The zero-order valence-electron chi connectivity index (χ0n) is 13.2. The molecule has 0 unspecified atom stereocenters. The lowest BCUT2D eigenvalue weighted by Crippen LogP contribution is -2.29.